The highest BCUT2D eigenvalue weighted by atomic mass is 35.5. The number of pyridine rings is 1. The monoisotopic (exact) mass is 447 g/mol. The minimum Gasteiger partial charge on any atom is -0.294 e. The highest BCUT2D eigenvalue weighted by Gasteiger charge is 2.22. The maximum atomic E-state index is 14.0. The van der Waals surface area contributed by atoms with Crippen LogP contribution < -0.4 is 0 Å². The van der Waals surface area contributed by atoms with E-state index in [1.165, 1.54) is 30.6 Å². The van der Waals surface area contributed by atoms with Crippen molar-refractivity contribution in [2.45, 2.75) is 11.3 Å². The van der Waals surface area contributed by atoms with E-state index < -0.39 is 27.4 Å². The Morgan fingerprint density at radius 2 is 1.80 bits per heavy atom. The standard InChI is InChI=1S/C20H12ClF2N3O3S/c21-16-2-1-3-17(23)20(16)19(27)9-14-8-18-12(10-24-14)11-25-26(18)30(28,29)15-6-4-13(22)5-7-15/h1-8,10-11H,9H2. The number of rotatable bonds is 5. The maximum absolute atomic E-state index is 14.0. The molecule has 2 heterocycles. The summed E-state index contributed by atoms with van der Waals surface area (Å²) in [4.78, 5) is 16.5. The summed E-state index contributed by atoms with van der Waals surface area (Å²) in [5, 5.41) is 4.30. The smallest absolute Gasteiger partial charge is 0.283 e. The van der Waals surface area contributed by atoms with Crippen molar-refractivity contribution in [3.05, 3.63) is 88.8 Å². The first-order valence-electron chi connectivity index (χ1n) is 8.58. The molecular formula is C20H12ClF2N3O3S. The van der Waals surface area contributed by atoms with E-state index in [2.05, 4.69) is 10.1 Å². The van der Waals surface area contributed by atoms with Gasteiger partial charge in [0.25, 0.3) is 10.0 Å². The largest absolute Gasteiger partial charge is 0.294 e. The zero-order chi connectivity index (χ0) is 21.5. The summed E-state index contributed by atoms with van der Waals surface area (Å²) in [6.45, 7) is 0. The Labute approximate surface area is 174 Å². The van der Waals surface area contributed by atoms with E-state index in [4.69, 9.17) is 11.6 Å². The van der Waals surface area contributed by atoms with E-state index in [1.54, 1.807) is 0 Å². The number of aromatic nitrogens is 3. The molecule has 0 spiro atoms. The second kappa shape index (κ2) is 7.58. The van der Waals surface area contributed by atoms with Gasteiger partial charge in [-0.05, 0) is 42.5 Å². The van der Waals surface area contributed by atoms with Crippen molar-refractivity contribution in [3.63, 3.8) is 0 Å². The fraction of sp³-hybridized carbons (Fsp3) is 0.0500. The van der Waals surface area contributed by atoms with E-state index in [-0.39, 0.29) is 33.1 Å². The molecule has 0 amide bonds. The van der Waals surface area contributed by atoms with Gasteiger partial charge in [-0.15, -0.1) is 0 Å². The van der Waals surface area contributed by atoms with Gasteiger partial charge in [0.15, 0.2) is 5.78 Å². The van der Waals surface area contributed by atoms with Gasteiger partial charge in [0.2, 0.25) is 0 Å². The summed E-state index contributed by atoms with van der Waals surface area (Å²) in [6.07, 6.45) is 2.38. The molecule has 0 atom stereocenters. The normalized spacial score (nSPS) is 11.7. The summed E-state index contributed by atoms with van der Waals surface area (Å²) >= 11 is 5.93. The Kier molecular flexibility index (Phi) is 5.08. The van der Waals surface area contributed by atoms with Crippen molar-refractivity contribution in [1.29, 1.82) is 0 Å². The number of hydrogen-bond donors (Lipinski definition) is 0. The van der Waals surface area contributed by atoms with Gasteiger partial charge < -0.3 is 0 Å². The molecule has 0 N–H and O–H groups in total. The Hall–Kier alpha value is -3.17. The summed E-state index contributed by atoms with van der Waals surface area (Å²) in [5.74, 6) is -1.93. The van der Waals surface area contributed by atoms with Crippen molar-refractivity contribution in [1.82, 2.24) is 14.2 Å². The zero-order valence-electron chi connectivity index (χ0n) is 15.1. The van der Waals surface area contributed by atoms with Crippen LogP contribution >= 0.6 is 11.6 Å². The van der Waals surface area contributed by atoms with Gasteiger partial charge in [0.1, 0.15) is 11.6 Å². The highest BCUT2D eigenvalue weighted by Crippen LogP contribution is 2.23. The van der Waals surface area contributed by atoms with E-state index >= 15 is 0 Å². The summed E-state index contributed by atoms with van der Waals surface area (Å²) < 4.78 is 53.7. The third-order valence-electron chi connectivity index (χ3n) is 4.40. The van der Waals surface area contributed by atoms with Crippen molar-refractivity contribution in [3.8, 4) is 0 Å². The van der Waals surface area contributed by atoms with Crippen LogP contribution in [-0.4, -0.2) is 28.4 Å². The Bertz CT molecular complexity index is 1370. The van der Waals surface area contributed by atoms with Crippen molar-refractivity contribution in [2.24, 2.45) is 0 Å². The van der Waals surface area contributed by atoms with Gasteiger partial charge in [0, 0.05) is 11.6 Å². The molecule has 0 aliphatic rings. The summed E-state index contributed by atoms with van der Waals surface area (Å²) in [5.41, 5.74) is 0.133. The second-order valence-electron chi connectivity index (χ2n) is 6.38. The molecule has 0 radical (unpaired) electrons. The van der Waals surface area contributed by atoms with Crippen LogP contribution in [0.4, 0.5) is 8.78 Å². The summed E-state index contributed by atoms with van der Waals surface area (Å²) in [7, 11) is -4.10. The number of Topliss-reactive ketones (excluding diaryl/α,β-unsaturated/α-hetero) is 1. The quantitative estimate of drug-likeness (QED) is 0.431. The third kappa shape index (κ3) is 3.57. The van der Waals surface area contributed by atoms with Crippen LogP contribution in [0.3, 0.4) is 0 Å². The number of fused-ring (bicyclic) bond motifs is 1. The SMILES string of the molecule is O=C(Cc1cc2c(cn1)cnn2S(=O)(=O)c1ccc(F)cc1)c1c(F)cccc1Cl. The first kappa shape index (κ1) is 20.1. The van der Waals surface area contributed by atoms with Crippen LogP contribution in [0.2, 0.25) is 5.02 Å². The van der Waals surface area contributed by atoms with Gasteiger partial charge in [-0.3, -0.25) is 9.78 Å². The van der Waals surface area contributed by atoms with E-state index in [9.17, 15) is 22.0 Å². The van der Waals surface area contributed by atoms with Crippen LogP contribution in [0, 0.1) is 11.6 Å². The molecule has 0 aliphatic carbocycles. The lowest BCUT2D eigenvalue weighted by atomic mass is 10.1. The Balaban J connectivity index is 1.73. The van der Waals surface area contributed by atoms with Crippen LogP contribution in [0.5, 0.6) is 0 Å². The molecule has 0 unspecified atom stereocenters. The average molecular weight is 448 g/mol. The van der Waals surface area contributed by atoms with Gasteiger partial charge >= 0.3 is 0 Å². The third-order valence-corrected chi connectivity index (χ3v) is 6.33. The lowest BCUT2D eigenvalue weighted by Gasteiger charge is -2.07. The van der Waals surface area contributed by atoms with Crippen LogP contribution in [0.1, 0.15) is 16.1 Å². The molecule has 0 saturated carbocycles. The number of ketones is 1. The molecule has 2 aromatic heterocycles. The molecule has 2 aromatic carbocycles. The van der Waals surface area contributed by atoms with Crippen LogP contribution in [0.15, 0.2) is 65.8 Å². The first-order chi connectivity index (χ1) is 14.3. The number of halogens is 3. The van der Waals surface area contributed by atoms with Crippen LogP contribution in [-0.2, 0) is 16.4 Å². The predicted molar refractivity (Wildman–Crippen MR) is 106 cm³/mol. The molecule has 6 nitrogen and oxygen atoms in total. The van der Waals surface area contributed by atoms with Crippen LogP contribution in [0.25, 0.3) is 10.9 Å². The molecule has 0 bridgehead atoms. The number of nitrogens with zero attached hydrogens (tertiary/aromatic N) is 3. The molecule has 4 aromatic rings. The van der Waals surface area contributed by atoms with Gasteiger partial charge in [-0.2, -0.15) is 17.6 Å². The molecule has 10 heteroatoms. The molecular weight excluding hydrogens is 436 g/mol. The topological polar surface area (TPSA) is 81.9 Å². The van der Waals surface area contributed by atoms with Gasteiger partial charge in [0.05, 0.1) is 39.3 Å². The highest BCUT2D eigenvalue weighted by molar-refractivity contribution is 7.90. The number of carbonyl (C=O) groups is 1. The van der Waals surface area contributed by atoms with Crippen molar-refractivity contribution >= 4 is 38.3 Å². The summed E-state index contributed by atoms with van der Waals surface area (Å²) in [6, 6.07) is 9.62. The molecule has 0 saturated heterocycles. The minimum absolute atomic E-state index is 0.0231. The van der Waals surface area contributed by atoms with E-state index in [0.717, 1.165) is 34.4 Å². The predicted octanol–water partition coefficient (Wildman–Crippen LogP) is 4.03. The first-order valence-corrected chi connectivity index (χ1v) is 10.4. The molecule has 0 aliphatic heterocycles. The zero-order valence-corrected chi connectivity index (χ0v) is 16.7. The van der Waals surface area contributed by atoms with Gasteiger partial charge in [-0.25, -0.2) is 8.78 Å². The number of hydrogen-bond acceptors (Lipinski definition) is 5. The molecule has 0 fully saturated rings. The maximum Gasteiger partial charge on any atom is 0.283 e. The Morgan fingerprint density at radius 1 is 1.07 bits per heavy atom. The fourth-order valence-corrected chi connectivity index (χ4v) is 4.49. The average Bonchev–Trinajstić information content (AvgIpc) is 3.12. The lowest BCUT2D eigenvalue weighted by Crippen LogP contribution is -2.15. The molecule has 30 heavy (non-hydrogen) atoms. The lowest BCUT2D eigenvalue weighted by molar-refractivity contribution is 0.0988. The number of benzene rings is 2. The number of carbonyl (C=O) groups excluding carboxylic acids is 1. The van der Waals surface area contributed by atoms with Crippen molar-refractivity contribution < 1.29 is 22.0 Å². The van der Waals surface area contributed by atoms with Gasteiger partial charge in [-0.1, -0.05) is 17.7 Å². The Morgan fingerprint density at radius 3 is 2.50 bits per heavy atom. The second-order valence-corrected chi connectivity index (χ2v) is 8.55. The molecule has 152 valence electrons. The minimum atomic E-state index is -4.10. The van der Waals surface area contributed by atoms with E-state index in [1.807, 2.05) is 0 Å². The molecule has 4 rings (SSSR count). The van der Waals surface area contributed by atoms with E-state index in [0.29, 0.717) is 5.39 Å². The fourth-order valence-electron chi connectivity index (χ4n) is 2.95. The van der Waals surface area contributed by atoms with Crippen molar-refractivity contribution in [2.75, 3.05) is 0 Å².